The molecule has 2 heteroatoms. The minimum absolute atomic E-state index is 0.526. The summed E-state index contributed by atoms with van der Waals surface area (Å²) in [6.07, 6.45) is 6.94. The molecule has 4 atom stereocenters. The number of nitrogens with one attached hydrogen (secondary N) is 1. The normalized spacial score (nSPS) is 29.7. The van der Waals surface area contributed by atoms with Gasteiger partial charge in [-0.05, 0) is 30.9 Å². The summed E-state index contributed by atoms with van der Waals surface area (Å²) in [7, 11) is 0. The maximum Gasteiger partial charge on any atom is 0.122 e. The van der Waals surface area contributed by atoms with Crippen LogP contribution in [0.1, 0.15) is 57.4 Å². The second-order valence-electron chi connectivity index (χ2n) is 6.66. The highest BCUT2D eigenvalue weighted by atomic mass is 16.5. The van der Waals surface area contributed by atoms with Crippen molar-refractivity contribution >= 4 is 0 Å². The summed E-state index contributed by atoms with van der Waals surface area (Å²) in [5.41, 5.74) is 1.42. The number of rotatable bonds is 5. The number of hydrogen-bond donors (Lipinski definition) is 1. The van der Waals surface area contributed by atoms with Crippen molar-refractivity contribution in [2.75, 3.05) is 13.2 Å². The van der Waals surface area contributed by atoms with Gasteiger partial charge in [0.1, 0.15) is 5.75 Å². The molecule has 21 heavy (non-hydrogen) atoms. The van der Waals surface area contributed by atoms with Crippen molar-refractivity contribution in [3.05, 3.63) is 29.8 Å². The van der Waals surface area contributed by atoms with E-state index in [1.165, 1.54) is 37.7 Å². The molecule has 0 radical (unpaired) electrons. The SMILES string of the molecule is CCNC(C1COc2ccccc21)C1CCCCC1CC. The Bertz CT molecular complexity index is 459. The van der Waals surface area contributed by atoms with Gasteiger partial charge in [-0.2, -0.15) is 0 Å². The summed E-state index contributed by atoms with van der Waals surface area (Å²) in [6.45, 7) is 6.50. The molecule has 0 aromatic heterocycles. The molecule has 1 aromatic carbocycles. The minimum atomic E-state index is 0.526. The molecule has 2 aliphatic rings. The monoisotopic (exact) mass is 287 g/mol. The van der Waals surface area contributed by atoms with Crippen molar-refractivity contribution in [1.29, 1.82) is 0 Å². The molecular formula is C19H29NO. The Hall–Kier alpha value is -1.02. The van der Waals surface area contributed by atoms with Gasteiger partial charge < -0.3 is 10.1 Å². The Morgan fingerprint density at radius 1 is 1.19 bits per heavy atom. The fraction of sp³-hybridized carbons (Fsp3) is 0.684. The summed E-state index contributed by atoms with van der Waals surface area (Å²) in [5.74, 6) is 3.33. The molecule has 1 aliphatic heterocycles. The molecule has 2 nitrogen and oxygen atoms in total. The highest BCUT2D eigenvalue weighted by molar-refractivity contribution is 5.40. The Morgan fingerprint density at radius 3 is 2.81 bits per heavy atom. The molecule has 1 heterocycles. The number of benzene rings is 1. The smallest absolute Gasteiger partial charge is 0.122 e. The lowest BCUT2D eigenvalue weighted by Gasteiger charge is -2.39. The van der Waals surface area contributed by atoms with Crippen molar-refractivity contribution in [3.8, 4) is 5.75 Å². The molecule has 0 bridgehead atoms. The van der Waals surface area contributed by atoms with E-state index < -0.39 is 0 Å². The predicted octanol–water partition coefficient (Wildman–Crippen LogP) is 4.36. The first-order valence-electron chi connectivity index (χ1n) is 8.80. The first kappa shape index (κ1) is 14.9. The minimum Gasteiger partial charge on any atom is -0.493 e. The van der Waals surface area contributed by atoms with Crippen LogP contribution in [0.15, 0.2) is 24.3 Å². The molecule has 116 valence electrons. The van der Waals surface area contributed by atoms with Crippen molar-refractivity contribution in [2.24, 2.45) is 11.8 Å². The van der Waals surface area contributed by atoms with Crippen LogP contribution >= 0.6 is 0 Å². The standard InChI is InChI=1S/C19H29NO/c1-3-14-9-5-6-10-15(14)19(20-4-2)17-13-21-18-12-8-7-11-16(17)18/h7-8,11-12,14-15,17,19-20H,3-6,9-10,13H2,1-2H3. The van der Waals surface area contributed by atoms with E-state index >= 15 is 0 Å². The van der Waals surface area contributed by atoms with Crippen LogP contribution in [0.3, 0.4) is 0 Å². The highest BCUT2D eigenvalue weighted by Crippen LogP contribution is 2.43. The van der Waals surface area contributed by atoms with Gasteiger partial charge in [0, 0.05) is 17.5 Å². The van der Waals surface area contributed by atoms with E-state index in [2.05, 4.69) is 43.4 Å². The summed E-state index contributed by atoms with van der Waals surface area (Å²) in [4.78, 5) is 0. The van der Waals surface area contributed by atoms with Crippen LogP contribution in [0.25, 0.3) is 0 Å². The third-order valence-corrected chi connectivity index (χ3v) is 5.56. The fourth-order valence-corrected chi connectivity index (χ4v) is 4.53. The third kappa shape index (κ3) is 2.96. The van der Waals surface area contributed by atoms with Gasteiger partial charge in [-0.3, -0.25) is 0 Å². The molecular weight excluding hydrogens is 258 g/mol. The van der Waals surface area contributed by atoms with Gasteiger partial charge in [0.05, 0.1) is 6.61 Å². The van der Waals surface area contributed by atoms with Gasteiger partial charge in [-0.25, -0.2) is 0 Å². The van der Waals surface area contributed by atoms with E-state index in [1.54, 1.807) is 0 Å². The van der Waals surface area contributed by atoms with Crippen LogP contribution in [0.5, 0.6) is 5.75 Å². The lowest BCUT2D eigenvalue weighted by Crippen LogP contribution is -2.45. The highest BCUT2D eigenvalue weighted by Gasteiger charge is 2.39. The lowest BCUT2D eigenvalue weighted by atomic mass is 9.70. The first-order chi connectivity index (χ1) is 10.3. The van der Waals surface area contributed by atoms with Crippen LogP contribution in [-0.4, -0.2) is 19.2 Å². The van der Waals surface area contributed by atoms with Gasteiger partial charge in [0.2, 0.25) is 0 Å². The number of para-hydroxylation sites is 1. The molecule has 3 rings (SSSR count). The third-order valence-electron chi connectivity index (χ3n) is 5.56. The van der Waals surface area contributed by atoms with Gasteiger partial charge in [-0.15, -0.1) is 0 Å². The predicted molar refractivity (Wildman–Crippen MR) is 87.9 cm³/mol. The zero-order chi connectivity index (χ0) is 14.7. The average molecular weight is 287 g/mol. The van der Waals surface area contributed by atoms with Crippen molar-refractivity contribution in [2.45, 2.75) is 57.9 Å². The Balaban J connectivity index is 1.84. The van der Waals surface area contributed by atoms with Gasteiger partial charge in [-0.1, -0.05) is 57.7 Å². The summed E-state index contributed by atoms with van der Waals surface area (Å²) in [6, 6.07) is 9.20. The van der Waals surface area contributed by atoms with E-state index in [-0.39, 0.29) is 0 Å². The molecule has 1 fully saturated rings. The first-order valence-corrected chi connectivity index (χ1v) is 8.80. The molecule has 0 saturated heterocycles. The number of hydrogen-bond acceptors (Lipinski definition) is 2. The number of likely N-dealkylation sites (N-methyl/N-ethyl adjacent to an activating group) is 1. The second-order valence-corrected chi connectivity index (χ2v) is 6.66. The summed E-state index contributed by atoms with van der Waals surface area (Å²) in [5, 5.41) is 3.82. The van der Waals surface area contributed by atoms with Crippen LogP contribution in [0, 0.1) is 11.8 Å². The van der Waals surface area contributed by atoms with E-state index in [0.29, 0.717) is 12.0 Å². The van der Waals surface area contributed by atoms with E-state index in [1.807, 2.05) is 0 Å². The lowest BCUT2D eigenvalue weighted by molar-refractivity contribution is 0.149. The number of fused-ring (bicyclic) bond motifs is 1. The van der Waals surface area contributed by atoms with Crippen LogP contribution in [-0.2, 0) is 0 Å². The van der Waals surface area contributed by atoms with Gasteiger partial charge >= 0.3 is 0 Å². The van der Waals surface area contributed by atoms with Crippen molar-refractivity contribution in [3.63, 3.8) is 0 Å². The maximum atomic E-state index is 5.96. The molecule has 1 N–H and O–H groups in total. The average Bonchev–Trinajstić information content (AvgIpc) is 2.96. The van der Waals surface area contributed by atoms with E-state index in [4.69, 9.17) is 4.74 Å². The molecule has 0 amide bonds. The van der Waals surface area contributed by atoms with Crippen molar-refractivity contribution < 1.29 is 4.74 Å². The van der Waals surface area contributed by atoms with E-state index in [9.17, 15) is 0 Å². The fourth-order valence-electron chi connectivity index (χ4n) is 4.53. The van der Waals surface area contributed by atoms with Crippen LogP contribution < -0.4 is 10.1 Å². The van der Waals surface area contributed by atoms with Crippen molar-refractivity contribution in [1.82, 2.24) is 5.32 Å². The van der Waals surface area contributed by atoms with Crippen LogP contribution in [0.4, 0.5) is 0 Å². The molecule has 4 unspecified atom stereocenters. The Kier molecular flexibility index (Phi) is 4.84. The summed E-state index contributed by atoms with van der Waals surface area (Å²) < 4.78 is 5.96. The Labute approximate surface area is 129 Å². The molecule has 0 spiro atoms. The Morgan fingerprint density at radius 2 is 2.00 bits per heavy atom. The quantitative estimate of drug-likeness (QED) is 0.869. The molecule has 1 aromatic rings. The second kappa shape index (κ2) is 6.83. The van der Waals surface area contributed by atoms with Gasteiger partial charge in [0.25, 0.3) is 0 Å². The van der Waals surface area contributed by atoms with E-state index in [0.717, 1.165) is 30.7 Å². The largest absolute Gasteiger partial charge is 0.493 e. The zero-order valence-corrected chi connectivity index (χ0v) is 13.5. The molecule has 1 aliphatic carbocycles. The molecule has 1 saturated carbocycles. The zero-order valence-electron chi connectivity index (χ0n) is 13.5. The maximum absolute atomic E-state index is 5.96. The topological polar surface area (TPSA) is 21.3 Å². The number of ether oxygens (including phenoxy) is 1. The van der Waals surface area contributed by atoms with Crippen LogP contribution in [0.2, 0.25) is 0 Å². The summed E-state index contributed by atoms with van der Waals surface area (Å²) >= 11 is 0. The van der Waals surface area contributed by atoms with Gasteiger partial charge in [0.15, 0.2) is 0 Å².